The minimum atomic E-state index is 0.134. The lowest BCUT2D eigenvalue weighted by Crippen LogP contribution is -1.85. The summed E-state index contributed by atoms with van der Waals surface area (Å²) in [5.74, 6) is 0.269. The molecule has 0 aliphatic heterocycles. The van der Waals surface area contributed by atoms with Crippen LogP contribution in [-0.2, 0) is 0 Å². The number of hydrogen-bond acceptors (Lipinski definition) is 2. The Labute approximate surface area is 159 Å². The molecule has 0 saturated carbocycles. The second-order valence-corrected chi connectivity index (χ2v) is 7.16. The molecule has 0 aromatic heterocycles. The Kier molecular flexibility index (Phi) is 8.88. The van der Waals surface area contributed by atoms with E-state index in [0.29, 0.717) is 5.56 Å². The van der Waals surface area contributed by atoms with Gasteiger partial charge < -0.3 is 10.2 Å². The van der Waals surface area contributed by atoms with Gasteiger partial charge in [-0.3, -0.25) is 0 Å². The molecule has 0 saturated heterocycles. The zero-order chi connectivity index (χ0) is 19.7. The second kappa shape index (κ2) is 10.6. The standard InChI is InChI=1S/C9H12.C7H8O2.C7H9P/c1-7-4-8(2)6-9(3)5-7;1-5-6(8)3-2-4-7(5)9;1-6-2-4-7(8)5-3-6/h4-6H,1-3H3;2-4,8-9H,1H3;2-5H,8H2,1H3. The Morgan fingerprint density at radius 1 is 0.577 bits per heavy atom. The van der Waals surface area contributed by atoms with E-state index in [2.05, 4.69) is 79.4 Å². The normalized spacial score (nSPS) is 9.46. The monoisotopic (exact) mass is 368 g/mol. The number of rotatable bonds is 0. The fourth-order valence-electron chi connectivity index (χ4n) is 2.38. The van der Waals surface area contributed by atoms with Crippen LogP contribution < -0.4 is 5.30 Å². The zero-order valence-corrected chi connectivity index (χ0v) is 17.4. The number of phenolic OH excluding ortho intramolecular Hbond substituents is 2. The van der Waals surface area contributed by atoms with E-state index in [1.807, 2.05) is 0 Å². The Hall–Kier alpha value is -2.31. The van der Waals surface area contributed by atoms with Gasteiger partial charge in [-0.25, -0.2) is 0 Å². The molecule has 2 nitrogen and oxygen atoms in total. The molecule has 0 amide bonds. The van der Waals surface area contributed by atoms with E-state index < -0.39 is 0 Å². The van der Waals surface area contributed by atoms with E-state index >= 15 is 0 Å². The first-order chi connectivity index (χ1) is 12.2. The molecule has 0 bridgehead atoms. The lowest BCUT2D eigenvalue weighted by Gasteiger charge is -1.98. The van der Waals surface area contributed by atoms with E-state index in [-0.39, 0.29) is 11.5 Å². The van der Waals surface area contributed by atoms with Crippen LogP contribution in [0.5, 0.6) is 11.5 Å². The summed E-state index contributed by atoms with van der Waals surface area (Å²) >= 11 is 0. The lowest BCUT2D eigenvalue weighted by atomic mass is 10.1. The third-order valence-electron chi connectivity index (χ3n) is 3.72. The molecule has 0 aliphatic rings. The highest BCUT2D eigenvalue weighted by Gasteiger charge is 1.97. The van der Waals surface area contributed by atoms with Gasteiger partial charge in [0.25, 0.3) is 0 Å². The van der Waals surface area contributed by atoms with Crippen LogP contribution in [-0.4, -0.2) is 10.2 Å². The largest absolute Gasteiger partial charge is 0.508 e. The first kappa shape index (κ1) is 21.7. The first-order valence-corrected chi connectivity index (χ1v) is 9.11. The first-order valence-electron chi connectivity index (χ1n) is 8.53. The number of benzene rings is 3. The summed E-state index contributed by atoms with van der Waals surface area (Å²) in [4.78, 5) is 0. The van der Waals surface area contributed by atoms with Crippen LogP contribution in [0.25, 0.3) is 0 Å². The maximum atomic E-state index is 8.94. The molecule has 3 aromatic rings. The molecule has 2 N–H and O–H groups in total. The zero-order valence-electron chi connectivity index (χ0n) is 16.2. The van der Waals surface area contributed by atoms with Crippen LogP contribution >= 0.6 is 9.24 Å². The van der Waals surface area contributed by atoms with Crippen molar-refractivity contribution in [2.24, 2.45) is 0 Å². The molecule has 1 atom stereocenters. The van der Waals surface area contributed by atoms with Crippen molar-refractivity contribution in [3.05, 3.63) is 88.5 Å². The van der Waals surface area contributed by atoms with Gasteiger partial charge in [0.05, 0.1) is 0 Å². The fraction of sp³-hybridized carbons (Fsp3) is 0.217. The summed E-state index contributed by atoms with van der Waals surface area (Å²) in [6.45, 7) is 10.1. The topological polar surface area (TPSA) is 40.5 Å². The summed E-state index contributed by atoms with van der Waals surface area (Å²) in [6.07, 6.45) is 0. The Bertz CT molecular complexity index is 732. The minimum Gasteiger partial charge on any atom is -0.508 e. The summed E-state index contributed by atoms with van der Waals surface area (Å²) in [7, 11) is 2.65. The molecular formula is C23H29O2P. The average Bonchev–Trinajstić information content (AvgIpc) is 2.55. The van der Waals surface area contributed by atoms with E-state index in [1.165, 1.54) is 39.7 Å². The number of aryl methyl sites for hydroxylation is 4. The Morgan fingerprint density at radius 2 is 0.962 bits per heavy atom. The number of aromatic hydroxyl groups is 2. The van der Waals surface area contributed by atoms with Crippen molar-refractivity contribution in [2.75, 3.05) is 0 Å². The van der Waals surface area contributed by atoms with E-state index in [0.717, 1.165) is 0 Å². The molecular weight excluding hydrogens is 339 g/mol. The molecule has 26 heavy (non-hydrogen) atoms. The van der Waals surface area contributed by atoms with Crippen molar-refractivity contribution >= 4 is 14.5 Å². The van der Waals surface area contributed by atoms with E-state index in [1.54, 1.807) is 13.0 Å². The maximum absolute atomic E-state index is 8.94. The molecule has 3 rings (SSSR count). The van der Waals surface area contributed by atoms with E-state index in [4.69, 9.17) is 10.2 Å². The van der Waals surface area contributed by atoms with Gasteiger partial charge >= 0.3 is 0 Å². The Balaban J connectivity index is 0.000000195. The van der Waals surface area contributed by atoms with Crippen molar-refractivity contribution in [1.29, 1.82) is 0 Å². The van der Waals surface area contributed by atoms with Gasteiger partial charge in [-0.2, -0.15) is 0 Å². The lowest BCUT2D eigenvalue weighted by molar-refractivity contribution is 0.443. The molecule has 0 heterocycles. The van der Waals surface area contributed by atoms with Gasteiger partial charge in [0.2, 0.25) is 0 Å². The van der Waals surface area contributed by atoms with Gasteiger partial charge in [0, 0.05) is 5.56 Å². The van der Waals surface area contributed by atoms with Crippen molar-refractivity contribution < 1.29 is 10.2 Å². The maximum Gasteiger partial charge on any atom is 0.122 e. The fourth-order valence-corrected chi connectivity index (χ4v) is 2.57. The highest BCUT2D eigenvalue weighted by atomic mass is 31.0. The van der Waals surface area contributed by atoms with Crippen molar-refractivity contribution in [3.63, 3.8) is 0 Å². The molecule has 0 spiro atoms. The van der Waals surface area contributed by atoms with Crippen molar-refractivity contribution in [1.82, 2.24) is 0 Å². The average molecular weight is 368 g/mol. The molecule has 1 unspecified atom stereocenters. The predicted octanol–water partition coefficient (Wildman–Crippen LogP) is 5.51. The van der Waals surface area contributed by atoms with Crippen LogP contribution in [0.1, 0.15) is 27.8 Å². The summed E-state index contributed by atoms with van der Waals surface area (Å²) in [6, 6.07) is 19.6. The molecule has 0 radical (unpaired) electrons. The van der Waals surface area contributed by atoms with Crippen LogP contribution in [0.3, 0.4) is 0 Å². The summed E-state index contributed by atoms with van der Waals surface area (Å²) in [5.41, 5.74) is 5.90. The molecule has 138 valence electrons. The highest BCUT2D eigenvalue weighted by Crippen LogP contribution is 2.23. The van der Waals surface area contributed by atoms with Gasteiger partial charge in [-0.05, 0) is 52.1 Å². The number of phenols is 2. The van der Waals surface area contributed by atoms with E-state index in [9.17, 15) is 0 Å². The van der Waals surface area contributed by atoms with Crippen LogP contribution in [0, 0.1) is 34.6 Å². The highest BCUT2D eigenvalue weighted by molar-refractivity contribution is 7.27. The van der Waals surface area contributed by atoms with Crippen molar-refractivity contribution in [2.45, 2.75) is 34.6 Å². The van der Waals surface area contributed by atoms with Gasteiger partial charge in [-0.1, -0.05) is 70.8 Å². The summed E-state index contributed by atoms with van der Waals surface area (Å²) < 4.78 is 0. The second-order valence-electron chi connectivity index (χ2n) is 6.50. The Morgan fingerprint density at radius 3 is 1.27 bits per heavy atom. The van der Waals surface area contributed by atoms with Crippen molar-refractivity contribution in [3.8, 4) is 11.5 Å². The third-order valence-corrected chi connectivity index (χ3v) is 4.10. The van der Waals surface area contributed by atoms with Crippen LogP contribution in [0.15, 0.2) is 60.7 Å². The molecule has 3 heteroatoms. The smallest absolute Gasteiger partial charge is 0.122 e. The van der Waals surface area contributed by atoms with Crippen LogP contribution in [0.4, 0.5) is 0 Å². The molecule has 0 fully saturated rings. The SMILES string of the molecule is Cc1c(O)cccc1O.Cc1cc(C)cc(C)c1.Cc1ccc(P)cc1. The summed E-state index contributed by atoms with van der Waals surface area (Å²) in [5, 5.41) is 19.1. The molecule has 3 aromatic carbocycles. The van der Waals surface area contributed by atoms with Crippen LogP contribution in [0.2, 0.25) is 0 Å². The van der Waals surface area contributed by atoms with Gasteiger partial charge in [0.1, 0.15) is 11.5 Å². The number of hydrogen-bond donors (Lipinski definition) is 2. The minimum absolute atomic E-state index is 0.134. The quantitative estimate of drug-likeness (QED) is 0.513. The van der Waals surface area contributed by atoms with Gasteiger partial charge in [0.15, 0.2) is 0 Å². The third kappa shape index (κ3) is 8.18. The predicted molar refractivity (Wildman–Crippen MR) is 116 cm³/mol. The van der Waals surface area contributed by atoms with Gasteiger partial charge in [-0.15, -0.1) is 9.24 Å². The molecule has 0 aliphatic carbocycles.